The highest BCUT2D eigenvalue weighted by molar-refractivity contribution is 7.80. The van der Waals surface area contributed by atoms with Crippen molar-refractivity contribution in [1.82, 2.24) is 4.90 Å². The zero-order valence-corrected chi connectivity index (χ0v) is 23.8. The summed E-state index contributed by atoms with van der Waals surface area (Å²) in [6.45, 7) is 16.5. The van der Waals surface area contributed by atoms with Crippen LogP contribution in [0.1, 0.15) is 81.1 Å². The zero-order chi connectivity index (χ0) is 26.7. The smallest absolute Gasteiger partial charge is 0.321 e. The first-order valence-corrected chi connectivity index (χ1v) is 13.8. The summed E-state index contributed by atoms with van der Waals surface area (Å²) in [4.78, 5) is 41.1. The van der Waals surface area contributed by atoms with E-state index in [9.17, 15) is 19.5 Å². The number of nitrogens with zero attached hydrogens (tertiary/aromatic N) is 1. The van der Waals surface area contributed by atoms with Crippen LogP contribution in [0, 0.1) is 34.5 Å². The van der Waals surface area contributed by atoms with Gasteiger partial charge in [-0.2, -0.15) is 12.6 Å². The van der Waals surface area contributed by atoms with E-state index in [0.717, 1.165) is 12.8 Å². The Morgan fingerprint density at radius 1 is 0.886 bits per heavy atom. The van der Waals surface area contributed by atoms with E-state index in [-0.39, 0.29) is 76.7 Å². The number of hydrogen-bond donors (Lipinski definition) is 2. The van der Waals surface area contributed by atoms with Gasteiger partial charge in [-0.3, -0.25) is 19.3 Å². The standard InChI is InChI=1S/C29H47NO4S/c1-18-11-9-13-28(5,6)25(18)23(31)15-20(3)30(22(17-35)27(33)34)21(4)16-24(32)26-19(2)12-10-14-29(26,7)8/h9-12,18-22,25-26,35H,13-17H2,1-8H3,(H,33,34). The second-order valence-electron chi connectivity index (χ2n) is 12.4. The summed E-state index contributed by atoms with van der Waals surface area (Å²) < 4.78 is 0. The van der Waals surface area contributed by atoms with Gasteiger partial charge in [-0.05, 0) is 49.4 Å². The first kappa shape index (κ1) is 29.8. The molecule has 7 atom stereocenters. The fourth-order valence-corrected chi connectivity index (χ4v) is 7.27. The van der Waals surface area contributed by atoms with E-state index in [1.54, 1.807) is 0 Å². The van der Waals surface area contributed by atoms with Crippen molar-refractivity contribution in [3.05, 3.63) is 24.3 Å². The van der Waals surface area contributed by atoms with Crippen LogP contribution in [-0.4, -0.2) is 51.4 Å². The Morgan fingerprint density at radius 2 is 1.26 bits per heavy atom. The lowest BCUT2D eigenvalue weighted by atomic mass is 9.64. The summed E-state index contributed by atoms with van der Waals surface area (Å²) in [5.41, 5.74) is -0.271. The number of ketones is 2. The van der Waals surface area contributed by atoms with Crippen molar-refractivity contribution in [3.63, 3.8) is 0 Å². The number of hydrogen-bond acceptors (Lipinski definition) is 5. The van der Waals surface area contributed by atoms with E-state index < -0.39 is 12.0 Å². The number of thiol groups is 1. The lowest BCUT2D eigenvalue weighted by molar-refractivity contribution is -0.146. The van der Waals surface area contributed by atoms with E-state index in [0.29, 0.717) is 0 Å². The van der Waals surface area contributed by atoms with Crippen LogP contribution < -0.4 is 0 Å². The summed E-state index contributed by atoms with van der Waals surface area (Å²) in [5.74, 6) is -0.441. The van der Waals surface area contributed by atoms with E-state index in [2.05, 4.69) is 78.5 Å². The van der Waals surface area contributed by atoms with Gasteiger partial charge in [0.2, 0.25) is 0 Å². The summed E-state index contributed by atoms with van der Waals surface area (Å²) in [6.07, 6.45) is 10.8. The van der Waals surface area contributed by atoms with Gasteiger partial charge in [0, 0.05) is 42.5 Å². The fourth-order valence-electron chi connectivity index (χ4n) is 6.93. The minimum atomic E-state index is -0.970. The van der Waals surface area contributed by atoms with Crippen LogP contribution in [0.15, 0.2) is 24.3 Å². The molecule has 1 N–H and O–H groups in total. The molecule has 0 heterocycles. The Hall–Kier alpha value is -1.40. The van der Waals surface area contributed by atoms with Crippen LogP contribution in [-0.2, 0) is 14.4 Å². The molecule has 35 heavy (non-hydrogen) atoms. The monoisotopic (exact) mass is 505 g/mol. The molecular formula is C29H47NO4S. The molecule has 5 nitrogen and oxygen atoms in total. The molecule has 7 unspecified atom stereocenters. The predicted octanol–water partition coefficient (Wildman–Crippen LogP) is 5.84. The molecule has 0 aromatic rings. The fraction of sp³-hybridized carbons (Fsp3) is 0.759. The van der Waals surface area contributed by atoms with Crippen LogP contribution in [0.5, 0.6) is 0 Å². The summed E-state index contributed by atoms with van der Waals surface area (Å²) in [5, 5.41) is 9.98. The number of rotatable bonds is 11. The minimum absolute atomic E-state index is 0.108. The molecule has 2 aliphatic carbocycles. The van der Waals surface area contributed by atoms with Crippen LogP contribution in [0.2, 0.25) is 0 Å². The highest BCUT2D eigenvalue weighted by Gasteiger charge is 2.43. The number of carbonyl (C=O) groups is 3. The van der Waals surface area contributed by atoms with Gasteiger partial charge in [-0.25, -0.2) is 0 Å². The maximum absolute atomic E-state index is 13.5. The largest absolute Gasteiger partial charge is 0.480 e. The average Bonchev–Trinajstić information content (AvgIpc) is 2.69. The molecule has 6 heteroatoms. The zero-order valence-electron chi connectivity index (χ0n) is 23.0. The van der Waals surface area contributed by atoms with E-state index in [4.69, 9.17) is 0 Å². The van der Waals surface area contributed by atoms with Crippen molar-refractivity contribution in [2.24, 2.45) is 34.5 Å². The van der Waals surface area contributed by atoms with Gasteiger partial charge in [0.25, 0.3) is 0 Å². The van der Waals surface area contributed by atoms with E-state index in [1.807, 2.05) is 18.7 Å². The normalized spacial score (nSPS) is 30.0. The van der Waals surface area contributed by atoms with Crippen LogP contribution in [0.25, 0.3) is 0 Å². The third-order valence-electron chi connectivity index (χ3n) is 8.43. The Morgan fingerprint density at radius 3 is 1.54 bits per heavy atom. The Balaban J connectivity index is 2.26. The predicted molar refractivity (Wildman–Crippen MR) is 146 cm³/mol. The summed E-state index contributed by atoms with van der Waals surface area (Å²) >= 11 is 4.34. The highest BCUT2D eigenvalue weighted by atomic mass is 32.1. The number of allylic oxidation sites excluding steroid dienone is 4. The van der Waals surface area contributed by atoms with Gasteiger partial charge in [0.15, 0.2) is 0 Å². The highest BCUT2D eigenvalue weighted by Crippen LogP contribution is 2.43. The first-order valence-electron chi connectivity index (χ1n) is 13.1. The van der Waals surface area contributed by atoms with Gasteiger partial charge in [-0.1, -0.05) is 65.8 Å². The van der Waals surface area contributed by atoms with Gasteiger partial charge >= 0.3 is 5.97 Å². The molecule has 0 saturated heterocycles. The Kier molecular flexibility index (Phi) is 10.0. The molecule has 0 fully saturated rings. The molecule has 0 spiro atoms. The first-order chi connectivity index (χ1) is 16.1. The van der Waals surface area contributed by atoms with Crippen molar-refractivity contribution in [1.29, 1.82) is 0 Å². The molecule has 0 aliphatic heterocycles. The number of carboxylic acid groups (broad SMARTS) is 1. The van der Waals surface area contributed by atoms with E-state index in [1.165, 1.54) is 0 Å². The SMILES string of the molecule is CC1C=CCC(C)(C)C1C(=O)CC(C)N(C(C)CC(=O)C1C(C)C=CCC1(C)C)C(CS)C(=O)O. The molecule has 198 valence electrons. The molecule has 0 aromatic heterocycles. The number of Topliss-reactive ketones (excluding diaryl/α,β-unsaturated/α-hetero) is 2. The number of aliphatic carboxylic acids is 1. The number of carbonyl (C=O) groups excluding carboxylic acids is 2. The summed E-state index contributed by atoms with van der Waals surface area (Å²) in [6, 6.07) is -1.49. The topological polar surface area (TPSA) is 74.7 Å². The molecule has 2 rings (SSSR count). The second-order valence-corrected chi connectivity index (χ2v) is 12.8. The molecule has 0 bridgehead atoms. The van der Waals surface area contributed by atoms with Crippen molar-refractivity contribution in [3.8, 4) is 0 Å². The van der Waals surface area contributed by atoms with Crippen molar-refractivity contribution in [2.75, 3.05) is 5.75 Å². The maximum atomic E-state index is 13.5. The van der Waals surface area contributed by atoms with Crippen molar-refractivity contribution < 1.29 is 19.5 Å². The molecule has 0 amide bonds. The maximum Gasteiger partial charge on any atom is 0.321 e. The van der Waals surface area contributed by atoms with Gasteiger partial charge in [0.05, 0.1) is 0 Å². The van der Waals surface area contributed by atoms with Crippen molar-refractivity contribution in [2.45, 2.75) is 99.2 Å². The van der Waals surface area contributed by atoms with Gasteiger partial charge in [0.1, 0.15) is 17.6 Å². The average molecular weight is 506 g/mol. The lowest BCUT2D eigenvalue weighted by Gasteiger charge is -2.43. The van der Waals surface area contributed by atoms with E-state index >= 15 is 0 Å². The Labute approximate surface area is 218 Å². The second kappa shape index (κ2) is 11.8. The third kappa shape index (κ3) is 6.88. The molecular weight excluding hydrogens is 458 g/mol. The Bertz CT molecular complexity index is 788. The van der Waals surface area contributed by atoms with Crippen LogP contribution >= 0.6 is 12.6 Å². The van der Waals surface area contributed by atoms with Gasteiger partial charge < -0.3 is 5.11 Å². The quantitative estimate of drug-likeness (QED) is 0.272. The van der Waals surface area contributed by atoms with Crippen molar-refractivity contribution >= 4 is 30.2 Å². The molecule has 0 saturated carbocycles. The number of carboxylic acids is 1. The van der Waals surface area contributed by atoms with Crippen LogP contribution in [0.3, 0.4) is 0 Å². The lowest BCUT2D eigenvalue weighted by Crippen LogP contribution is -2.54. The third-order valence-corrected chi connectivity index (χ3v) is 8.77. The molecule has 0 radical (unpaired) electrons. The van der Waals surface area contributed by atoms with Crippen LogP contribution in [0.4, 0.5) is 0 Å². The minimum Gasteiger partial charge on any atom is -0.480 e. The summed E-state index contributed by atoms with van der Waals surface area (Å²) in [7, 11) is 0. The van der Waals surface area contributed by atoms with Gasteiger partial charge in [-0.15, -0.1) is 0 Å². The molecule has 0 aromatic carbocycles. The molecule has 2 aliphatic rings.